The minimum atomic E-state index is -3.73. The fourth-order valence-electron chi connectivity index (χ4n) is 5.51. The zero-order valence-electron chi connectivity index (χ0n) is 19.8. The van der Waals surface area contributed by atoms with Crippen LogP contribution < -0.4 is 0 Å². The fraction of sp³-hybridized carbons (Fsp3) is 0.538. The SMILES string of the molecule is O=C(OCC1CCCC(C2CC2)N1S(=O)(=O)c1ccc(Cl)cc1)N1CCC(c2ccccn2)CC1. The number of pyridine rings is 1. The van der Waals surface area contributed by atoms with Crippen LogP contribution in [0.1, 0.15) is 56.6 Å². The highest BCUT2D eigenvalue weighted by molar-refractivity contribution is 7.89. The van der Waals surface area contributed by atoms with E-state index >= 15 is 0 Å². The molecule has 7 nitrogen and oxygen atoms in total. The average molecular weight is 518 g/mol. The highest BCUT2D eigenvalue weighted by Gasteiger charge is 2.46. The second-order valence-electron chi connectivity index (χ2n) is 9.87. The summed E-state index contributed by atoms with van der Waals surface area (Å²) in [6.45, 7) is 1.31. The van der Waals surface area contributed by atoms with E-state index in [0.717, 1.165) is 44.2 Å². The first-order valence-corrected chi connectivity index (χ1v) is 14.4. The van der Waals surface area contributed by atoms with Crippen LogP contribution in [0.4, 0.5) is 4.79 Å². The molecule has 1 aromatic heterocycles. The monoisotopic (exact) mass is 517 g/mol. The highest BCUT2D eigenvalue weighted by Crippen LogP contribution is 2.43. The first-order valence-electron chi connectivity index (χ1n) is 12.5. The molecule has 3 fully saturated rings. The zero-order valence-corrected chi connectivity index (χ0v) is 21.3. The van der Waals surface area contributed by atoms with E-state index in [1.807, 2.05) is 18.2 Å². The smallest absolute Gasteiger partial charge is 0.409 e. The Kier molecular flexibility index (Phi) is 7.32. The number of piperidine rings is 2. The number of sulfonamides is 1. The van der Waals surface area contributed by atoms with E-state index in [-0.39, 0.29) is 29.7 Å². The molecule has 2 saturated heterocycles. The molecule has 1 amide bonds. The molecule has 2 atom stereocenters. The summed E-state index contributed by atoms with van der Waals surface area (Å²) in [7, 11) is -3.73. The summed E-state index contributed by atoms with van der Waals surface area (Å²) in [4.78, 5) is 19.3. The molecule has 188 valence electrons. The predicted molar refractivity (Wildman–Crippen MR) is 134 cm³/mol. The van der Waals surface area contributed by atoms with E-state index in [1.165, 1.54) is 0 Å². The minimum Gasteiger partial charge on any atom is -0.448 e. The molecule has 0 spiro atoms. The summed E-state index contributed by atoms with van der Waals surface area (Å²) >= 11 is 5.99. The standard InChI is InChI=1S/C26H32ClN3O4S/c27-21-9-11-23(12-10-21)35(32,33)30-22(4-3-6-25(30)20-7-8-20)18-34-26(31)29-16-13-19(14-17-29)24-5-1-2-15-28-24/h1-2,5,9-12,15,19-20,22,25H,3-4,6-8,13-14,16-18H2. The van der Waals surface area contributed by atoms with Gasteiger partial charge in [-0.15, -0.1) is 0 Å². The minimum absolute atomic E-state index is 0.0396. The maximum Gasteiger partial charge on any atom is 0.409 e. The van der Waals surface area contributed by atoms with Crippen molar-refractivity contribution in [2.45, 2.75) is 67.8 Å². The van der Waals surface area contributed by atoms with Gasteiger partial charge in [-0.3, -0.25) is 4.98 Å². The quantitative estimate of drug-likeness (QED) is 0.534. The maximum atomic E-state index is 13.7. The van der Waals surface area contributed by atoms with Crippen molar-refractivity contribution in [3.8, 4) is 0 Å². The molecule has 0 bridgehead atoms. The number of benzene rings is 1. The van der Waals surface area contributed by atoms with Crippen LogP contribution >= 0.6 is 11.6 Å². The number of nitrogens with zero attached hydrogens (tertiary/aromatic N) is 3. The number of aromatic nitrogens is 1. The van der Waals surface area contributed by atoms with E-state index in [4.69, 9.17) is 16.3 Å². The van der Waals surface area contributed by atoms with Crippen LogP contribution in [0, 0.1) is 5.92 Å². The first-order chi connectivity index (χ1) is 16.9. The van der Waals surface area contributed by atoms with Gasteiger partial charge in [0.1, 0.15) is 6.61 Å². The van der Waals surface area contributed by atoms with Crippen molar-refractivity contribution in [1.82, 2.24) is 14.2 Å². The third-order valence-corrected chi connectivity index (χ3v) is 9.78. The Bertz CT molecular complexity index is 1120. The van der Waals surface area contributed by atoms with Crippen LogP contribution in [-0.2, 0) is 14.8 Å². The Labute approximate surface area is 212 Å². The van der Waals surface area contributed by atoms with Crippen LogP contribution in [0.3, 0.4) is 0 Å². The van der Waals surface area contributed by atoms with Crippen molar-refractivity contribution < 1.29 is 17.9 Å². The molecule has 1 aliphatic carbocycles. The Morgan fingerprint density at radius 2 is 1.74 bits per heavy atom. The van der Waals surface area contributed by atoms with E-state index in [9.17, 15) is 13.2 Å². The van der Waals surface area contributed by atoms with Crippen molar-refractivity contribution >= 4 is 27.7 Å². The first kappa shape index (κ1) is 24.5. The fourth-order valence-corrected chi connectivity index (χ4v) is 7.55. The van der Waals surface area contributed by atoms with Gasteiger partial charge in [0, 0.05) is 42.0 Å². The summed E-state index contributed by atoms with van der Waals surface area (Å²) in [6, 6.07) is 11.9. The molecule has 3 aliphatic rings. The van der Waals surface area contributed by atoms with Crippen LogP contribution in [0.15, 0.2) is 53.6 Å². The Balaban J connectivity index is 1.24. The molecule has 9 heteroatoms. The molecule has 35 heavy (non-hydrogen) atoms. The normalized spacial score (nSPS) is 24.3. The van der Waals surface area contributed by atoms with Crippen molar-refractivity contribution in [3.63, 3.8) is 0 Å². The Hall–Kier alpha value is -2.16. The lowest BCUT2D eigenvalue weighted by Crippen LogP contribution is -2.53. The van der Waals surface area contributed by atoms with Gasteiger partial charge < -0.3 is 9.64 Å². The van der Waals surface area contributed by atoms with Gasteiger partial charge in [0.15, 0.2) is 0 Å². The molecule has 0 radical (unpaired) electrons. The second kappa shape index (κ2) is 10.4. The number of ether oxygens (including phenoxy) is 1. The third-order valence-electron chi connectivity index (χ3n) is 7.54. The van der Waals surface area contributed by atoms with E-state index < -0.39 is 10.0 Å². The van der Waals surface area contributed by atoms with Gasteiger partial charge >= 0.3 is 6.09 Å². The maximum absolute atomic E-state index is 13.7. The Morgan fingerprint density at radius 3 is 2.40 bits per heavy atom. The second-order valence-corrected chi connectivity index (χ2v) is 12.2. The van der Waals surface area contributed by atoms with Crippen molar-refractivity contribution in [2.24, 2.45) is 5.92 Å². The zero-order chi connectivity index (χ0) is 24.4. The predicted octanol–water partition coefficient (Wildman–Crippen LogP) is 5.07. The summed E-state index contributed by atoms with van der Waals surface area (Å²) in [5, 5.41) is 0.499. The number of rotatable bonds is 6. The summed E-state index contributed by atoms with van der Waals surface area (Å²) < 4.78 is 34.8. The highest BCUT2D eigenvalue weighted by atomic mass is 35.5. The van der Waals surface area contributed by atoms with Crippen molar-refractivity contribution in [1.29, 1.82) is 0 Å². The summed E-state index contributed by atoms with van der Waals surface area (Å²) in [5.74, 6) is 0.735. The lowest BCUT2D eigenvalue weighted by atomic mass is 9.93. The van der Waals surface area contributed by atoms with Crippen LogP contribution in [0.2, 0.25) is 5.02 Å². The Morgan fingerprint density at radius 1 is 1.00 bits per heavy atom. The number of carbonyl (C=O) groups excluding carboxylic acids is 1. The topological polar surface area (TPSA) is 79.8 Å². The van der Waals surface area contributed by atoms with Crippen LogP contribution in [-0.4, -0.2) is 60.5 Å². The number of likely N-dealkylation sites (tertiary alicyclic amines) is 1. The number of halogens is 1. The number of hydrogen-bond acceptors (Lipinski definition) is 5. The molecular formula is C26H32ClN3O4S. The van der Waals surface area contributed by atoms with E-state index in [0.29, 0.717) is 36.4 Å². The molecule has 2 aliphatic heterocycles. The van der Waals surface area contributed by atoms with Gasteiger partial charge in [-0.25, -0.2) is 13.2 Å². The average Bonchev–Trinajstić information content (AvgIpc) is 3.73. The molecule has 2 unspecified atom stereocenters. The number of carbonyl (C=O) groups is 1. The van der Waals surface area contributed by atoms with Crippen LogP contribution in [0.5, 0.6) is 0 Å². The summed E-state index contributed by atoms with van der Waals surface area (Å²) in [5.41, 5.74) is 1.07. The van der Waals surface area contributed by atoms with Crippen molar-refractivity contribution in [2.75, 3.05) is 19.7 Å². The molecule has 0 N–H and O–H groups in total. The van der Waals surface area contributed by atoms with Gasteiger partial charge in [-0.1, -0.05) is 24.1 Å². The van der Waals surface area contributed by atoms with Crippen molar-refractivity contribution in [3.05, 3.63) is 59.4 Å². The lowest BCUT2D eigenvalue weighted by molar-refractivity contribution is 0.0538. The lowest BCUT2D eigenvalue weighted by Gasteiger charge is -2.41. The van der Waals surface area contributed by atoms with Gasteiger partial charge in [0.25, 0.3) is 0 Å². The van der Waals surface area contributed by atoms with Gasteiger partial charge in [-0.05, 0) is 80.8 Å². The number of amides is 1. The molecule has 3 heterocycles. The van der Waals surface area contributed by atoms with Gasteiger partial charge in [0.2, 0.25) is 10.0 Å². The largest absolute Gasteiger partial charge is 0.448 e. The summed E-state index contributed by atoms with van der Waals surface area (Å²) in [6.07, 6.45) is 7.71. The molecule has 5 rings (SSSR count). The molecular weight excluding hydrogens is 486 g/mol. The third kappa shape index (κ3) is 5.49. The molecule has 2 aromatic rings. The van der Waals surface area contributed by atoms with Gasteiger partial charge in [0.05, 0.1) is 10.9 Å². The number of hydrogen-bond donors (Lipinski definition) is 0. The van der Waals surface area contributed by atoms with Gasteiger partial charge in [-0.2, -0.15) is 4.31 Å². The molecule has 1 saturated carbocycles. The van der Waals surface area contributed by atoms with Crippen LogP contribution in [0.25, 0.3) is 0 Å². The van der Waals surface area contributed by atoms with E-state index in [1.54, 1.807) is 39.7 Å². The molecule has 1 aromatic carbocycles. The van der Waals surface area contributed by atoms with E-state index in [2.05, 4.69) is 4.98 Å².